The summed E-state index contributed by atoms with van der Waals surface area (Å²) in [5.41, 5.74) is 3.51. The fourth-order valence-electron chi connectivity index (χ4n) is 2.70. The lowest BCUT2D eigenvalue weighted by molar-refractivity contribution is 0.179. The Hall–Kier alpha value is -1.53. The number of thiophene rings is 1. The molecular formula is C18H20N2OS2. The summed E-state index contributed by atoms with van der Waals surface area (Å²) >= 11 is 3.38. The molecule has 0 saturated heterocycles. The summed E-state index contributed by atoms with van der Waals surface area (Å²) in [6, 6.07) is 12.7. The van der Waals surface area contributed by atoms with Gasteiger partial charge >= 0.3 is 0 Å². The molecule has 5 heteroatoms. The standard InChI is InChI=1S/C18H20N2OS2/c1-20(17(7-9-21)14-5-3-2-4-6-14)11-16-13-23-18(19-16)15-8-10-22-12-15/h2-6,8,10,12-13,17,21H,7,9,11H2,1H3. The number of hydrogen-bond donors (Lipinski definition) is 1. The Labute approximate surface area is 144 Å². The Morgan fingerprint density at radius 1 is 1.17 bits per heavy atom. The minimum atomic E-state index is 0.182. The molecule has 3 nitrogen and oxygen atoms in total. The second kappa shape index (κ2) is 7.84. The van der Waals surface area contributed by atoms with Crippen molar-refractivity contribution in [3.63, 3.8) is 0 Å². The topological polar surface area (TPSA) is 36.4 Å². The van der Waals surface area contributed by atoms with Gasteiger partial charge in [0.1, 0.15) is 5.01 Å². The molecule has 23 heavy (non-hydrogen) atoms. The third-order valence-corrected chi connectivity index (χ3v) is 5.47. The Balaban J connectivity index is 1.73. The van der Waals surface area contributed by atoms with Crippen LogP contribution in [-0.4, -0.2) is 28.6 Å². The lowest BCUT2D eigenvalue weighted by Gasteiger charge is -2.27. The zero-order valence-electron chi connectivity index (χ0n) is 13.1. The monoisotopic (exact) mass is 344 g/mol. The number of thiazole rings is 1. The molecule has 1 aromatic carbocycles. The summed E-state index contributed by atoms with van der Waals surface area (Å²) < 4.78 is 0. The highest BCUT2D eigenvalue weighted by molar-refractivity contribution is 7.14. The van der Waals surface area contributed by atoms with Crippen LogP contribution in [0.3, 0.4) is 0 Å². The molecule has 2 aromatic heterocycles. The maximum Gasteiger partial charge on any atom is 0.124 e. The van der Waals surface area contributed by atoms with E-state index < -0.39 is 0 Å². The van der Waals surface area contributed by atoms with Crippen LogP contribution in [0.25, 0.3) is 10.6 Å². The maximum absolute atomic E-state index is 9.40. The maximum atomic E-state index is 9.40. The predicted octanol–water partition coefficient (Wildman–Crippen LogP) is 4.43. The van der Waals surface area contributed by atoms with Gasteiger partial charge in [0, 0.05) is 35.5 Å². The van der Waals surface area contributed by atoms with E-state index in [9.17, 15) is 5.11 Å². The van der Waals surface area contributed by atoms with E-state index in [0.29, 0.717) is 0 Å². The van der Waals surface area contributed by atoms with Gasteiger partial charge in [0.25, 0.3) is 0 Å². The highest BCUT2D eigenvalue weighted by Gasteiger charge is 2.18. The van der Waals surface area contributed by atoms with Crippen molar-refractivity contribution in [2.75, 3.05) is 13.7 Å². The second-order valence-corrected chi connectivity index (χ2v) is 7.15. The van der Waals surface area contributed by atoms with Crippen LogP contribution >= 0.6 is 22.7 Å². The van der Waals surface area contributed by atoms with Crippen LogP contribution < -0.4 is 0 Å². The van der Waals surface area contributed by atoms with Gasteiger partial charge in [-0.2, -0.15) is 11.3 Å². The van der Waals surface area contributed by atoms with Crippen molar-refractivity contribution in [3.8, 4) is 10.6 Å². The van der Waals surface area contributed by atoms with Gasteiger partial charge in [0.15, 0.2) is 0 Å². The molecule has 2 heterocycles. The van der Waals surface area contributed by atoms with Crippen molar-refractivity contribution in [2.45, 2.75) is 19.0 Å². The summed E-state index contributed by atoms with van der Waals surface area (Å²) in [5, 5.41) is 16.8. The highest BCUT2D eigenvalue weighted by Crippen LogP contribution is 2.28. The van der Waals surface area contributed by atoms with E-state index in [0.717, 1.165) is 23.7 Å². The second-order valence-electron chi connectivity index (χ2n) is 5.51. The summed E-state index contributed by atoms with van der Waals surface area (Å²) in [6.07, 6.45) is 0.724. The van der Waals surface area contributed by atoms with Gasteiger partial charge in [0.2, 0.25) is 0 Å². The van der Waals surface area contributed by atoms with Gasteiger partial charge in [-0.1, -0.05) is 30.3 Å². The molecule has 0 bridgehead atoms. The number of rotatable bonds is 7. The van der Waals surface area contributed by atoms with Crippen LogP contribution in [0.4, 0.5) is 0 Å². The molecule has 3 rings (SSSR count). The number of aliphatic hydroxyl groups is 1. The lowest BCUT2D eigenvalue weighted by atomic mass is 10.0. The number of aromatic nitrogens is 1. The van der Waals surface area contributed by atoms with Crippen molar-refractivity contribution in [1.29, 1.82) is 0 Å². The minimum Gasteiger partial charge on any atom is -0.396 e. The van der Waals surface area contributed by atoms with Crippen LogP contribution in [0, 0.1) is 0 Å². The van der Waals surface area contributed by atoms with E-state index in [1.54, 1.807) is 22.7 Å². The zero-order chi connectivity index (χ0) is 16.1. The van der Waals surface area contributed by atoms with E-state index in [4.69, 9.17) is 4.98 Å². The molecular weight excluding hydrogens is 324 g/mol. The van der Waals surface area contributed by atoms with Crippen LogP contribution in [0.1, 0.15) is 23.7 Å². The fraction of sp³-hybridized carbons (Fsp3) is 0.278. The third-order valence-electron chi connectivity index (χ3n) is 3.85. The molecule has 0 amide bonds. The van der Waals surface area contributed by atoms with Crippen molar-refractivity contribution in [2.24, 2.45) is 0 Å². The first-order chi connectivity index (χ1) is 11.3. The lowest BCUT2D eigenvalue weighted by Crippen LogP contribution is -2.25. The summed E-state index contributed by atoms with van der Waals surface area (Å²) in [7, 11) is 2.09. The van der Waals surface area contributed by atoms with Crippen LogP contribution in [0.15, 0.2) is 52.5 Å². The zero-order valence-corrected chi connectivity index (χ0v) is 14.7. The van der Waals surface area contributed by atoms with Gasteiger partial charge in [-0.15, -0.1) is 11.3 Å². The summed E-state index contributed by atoms with van der Waals surface area (Å²) in [5.74, 6) is 0. The number of aliphatic hydroxyl groups excluding tert-OH is 1. The van der Waals surface area contributed by atoms with Crippen LogP contribution in [0.2, 0.25) is 0 Å². The summed E-state index contributed by atoms with van der Waals surface area (Å²) in [6.45, 7) is 0.960. The molecule has 0 aliphatic rings. The average molecular weight is 345 g/mol. The molecule has 1 atom stereocenters. The molecule has 0 spiro atoms. The molecule has 1 unspecified atom stereocenters. The van der Waals surface area contributed by atoms with E-state index in [2.05, 4.69) is 46.3 Å². The largest absolute Gasteiger partial charge is 0.396 e. The Morgan fingerprint density at radius 2 is 2.00 bits per heavy atom. The van der Waals surface area contributed by atoms with Crippen molar-refractivity contribution in [3.05, 3.63) is 63.8 Å². The highest BCUT2D eigenvalue weighted by atomic mass is 32.1. The predicted molar refractivity (Wildman–Crippen MR) is 97.8 cm³/mol. The van der Waals surface area contributed by atoms with Gasteiger partial charge in [-0.3, -0.25) is 4.90 Å². The van der Waals surface area contributed by atoms with E-state index >= 15 is 0 Å². The molecule has 0 saturated carbocycles. The fourth-order valence-corrected chi connectivity index (χ4v) is 4.23. The molecule has 1 N–H and O–H groups in total. The molecule has 120 valence electrons. The molecule has 0 fully saturated rings. The molecule has 0 aliphatic carbocycles. The van der Waals surface area contributed by atoms with E-state index in [1.807, 2.05) is 18.2 Å². The molecule has 0 aliphatic heterocycles. The van der Waals surface area contributed by atoms with Crippen molar-refractivity contribution in [1.82, 2.24) is 9.88 Å². The Morgan fingerprint density at radius 3 is 2.70 bits per heavy atom. The van der Waals surface area contributed by atoms with Crippen molar-refractivity contribution >= 4 is 22.7 Å². The third kappa shape index (κ3) is 4.06. The quantitative estimate of drug-likeness (QED) is 0.689. The minimum absolute atomic E-state index is 0.182. The number of hydrogen-bond acceptors (Lipinski definition) is 5. The van der Waals surface area contributed by atoms with Crippen LogP contribution in [0.5, 0.6) is 0 Å². The Kier molecular flexibility index (Phi) is 5.56. The Bertz CT molecular complexity index is 710. The molecule has 3 aromatic rings. The SMILES string of the molecule is CN(Cc1csc(-c2ccsc2)n1)C(CCO)c1ccccc1. The first-order valence-corrected chi connectivity index (χ1v) is 9.43. The summed E-state index contributed by atoms with van der Waals surface area (Å²) in [4.78, 5) is 7.01. The van der Waals surface area contributed by atoms with E-state index in [-0.39, 0.29) is 12.6 Å². The first-order valence-electron chi connectivity index (χ1n) is 7.61. The number of nitrogens with zero attached hydrogens (tertiary/aromatic N) is 2. The normalized spacial score (nSPS) is 12.7. The van der Waals surface area contributed by atoms with Crippen molar-refractivity contribution < 1.29 is 5.11 Å². The first kappa shape index (κ1) is 16.3. The van der Waals surface area contributed by atoms with Gasteiger partial charge in [-0.25, -0.2) is 4.98 Å². The molecule has 0 radical (unpaired) electrons. The van der Waals surface area contributed by atoms with E-state index in [1.165, 1.54) is 11.1 Å². The number of benzene rings is 1. The average Bonchev–Trinajstić information content (AvgIpc) is 3.24. The van der Waals surface area contributed by atoms with Crippen LogP contribution in [-0.2, 0) is 6.54 Å². The smallest absolute Gasteiger partial charge is 0.124 e. The van der Waals surface area contributed by atoms with Gasteiger partial charge < -0.3 is 5.11 Å². The van der Waals surface area contributed by atoms with Gasteiger partial charge in [0.05, 0.1) is 5.69 Å². The van der Waals surface area contributed by atoms with Gasteiger partial charge in [-0.05, 0) is 30.5 Å².